The molecule has 0 spiro atoms. The number of benzene rings is 2. The summed E-state index contributed by atoms with van der Waals surface area (Å²) in [4.78, 5) is 34.7. The van der Waals surface area contributed by atoms with Gasteiger partial charge < -0.3 is 20.5 Å². The number of carboxylic acid groups (broad SMARTS) is 1. The fraction of sp³-hybridized carbons (Fsp3) is 0.250. The lowest BCUT2D eigenvalue weighted by molar-refractivity contribution is -0.137. The van der Waals surface area contributed by atoms with Gasteiger partial charge in [-0.3, -0.25) is 14.4 Å². The zero-order valence-electron chi connectivity index (χ0n) is 15.1. The van der Waals surface area contributed by atoms with Gasteiger partial charge in [-0.25, -0.2) is 4.39 Å². The van der Waals surface area contributed by atoms with E-state index in [1.807, 2.05) is 0 Å². The Morgan fingerprint density at radius 2 is 1.71 bits per heavy atom. The largest absolute Gasteiger partial charge is 0.483 e. The van der Waals surface area contributed by atoms with Gasteiger partial charge in [0, 0.05) is 13.0 Å². The quantitative estimate of drug-likeness (QED) is 0.543. The lowest BCUT2D eigenvalue weighted by Crippen LogP contribution is -2.26. The molecule has 2 amide bonds. The second kappa shape index (κ2) is 10.7. The molecule has 148 valence electrons. The van der Waals surface area contributed by atoms with Crippen LogP contribution >= 0.6 is 0 Å². The molecule has 2 rings (SSSR count). The van der Waals surface area contributed by atoms with Crippen LogP contribution in [-0.4, -0.2) is 36.0 Å². The minimum absolute atomic E-state index is 0.0449. The Labute approximate surface area is 161 Å². The summed E-state index contributed by atoms with van der Waals surface area (Å²) in [5.74, 6) is -2.17. The van der Waals surface area contributed by atoms with Crippen molar-refractivity contribution >= 4 is 23.5 Å². The molecular weight excluding hydrogens is 367 g/mol. The Kier molecular flexibility index (Phi) is 7.95. The molecule has 0 fully saturated rings. The Balaban J connectivity index is 1.87. The number of unbranched alkanes of at least 4 members (excludes halogenated alkanes) is 1. The van der Waals surface area contributed by atoms with Crippen LogP contribution in [0.3, 0.4) is 0 Å². The zero-order chi connectivity index (χ0) is 20.4. The molecule has 2 aromatic rings. The fourth-order valence-electron chi connectivity index (χ4n) is 2.37. The number of aliphatic carboxylic acids is 1. The average Bonchev–Trinajstić information content (AvgIpc) is 2.68. The molecule has 0 unspecified atom stereocenters. The summed E-state index contributed by atoms with van der Waals surface area (Å²) in [5.41, 5.74) is 0.294. The average molecular weight is 388 g/mol. The normalized spacial score (nSPS) is 10.2. The van der Waals surface area contributed by atoms with Crippen LogP contribution in [0.4, 0.5) is 10.1 Å². The highest BCUT2D eigenvalue weighted by atomic mass is 19.1. The van der Waals surface area contributed by atoms with Gasteiger partial charge in [-0.05, 0) is 37.1 Å². The molecule has 7 nitrogen and oxygen atoms in total. The number of nitrogens with one attached hydrogen (secondary N) is 2. The van der Waals surface area contributed by atoms with Crippen LogP contribution in [0.1, 0.15) is 29.6 Å². The van der Waals surface area contributed by atoms with E-state index >= 15 is 0 Å². The molecule has 0 aliphatic carbocycles. The predicted molar refractivity (Wildman–Crippen MR) is 101 cm³/mol. The van der Waals surface area contributed by atoms with Crippen LogP contribution in [0.5, 0.6) is 5.75 Å². The van der Waals surface area contributed by atoms with Gasteiger partial charge in [-0.2, -0.15) is 0 Å². The van der Waals surface area contributed by atoms with Crippen LogP contribution < -0.4 is 15.4 Å². The van der Waals surface area contributed by atoms with Gasteiger partial charge >= 0.3 is 5.97 Å². The molecule has 0 radical (unpaired) electrons. The highest BCUT2D eigenvalue weighted by molar-refractivity contribution is 5.97. The van der Waals surface area contributed by atoms with E-state index in [9.17, 15) is 18.8 Å². The Morgan fingerprint density at radius 1 is 1.00 bits per heavy atom. The topological polar surface area (TPSA) is 105 Å². The molecule has 3 N–H and O–H groups in total. The van der Waals surface area contributed by atoms with E-state index < -0.39 is 24.3 Å². The Hall–Kier alpha value is -3.42. The minimum Gasteiger partial charge on any atom is -0.483 e. The van der Waals surface area contributed by atoms with Gasteiger partial charge in [0.2, 0.25) is 0 Å². The first-order chi connectivity index (χ1) is 13.5. The van der Waals surface area contributed by atoms with Crippen molar-refractivity contribution in [2.24, 2.45) is 0 Å². The van der Waals surface area contributed by atoms with Gasteiger partial charge in [-0.15, -0.1) is 0 Å². The first kappa shape index (κ1) is 20.9. The summed E-state index contributed by atoms with van der Waals surface area (Å²) < 4.78 is 19.0. The maximum Gasteiger partial charge on any atom is 0.303 e. The predicted octanol–water partition coefficient (Wildman–Crippen LogP) is 2.83. The molecule has 0 aliphatic rings. The summed E-state index contributed by atoms with van der Waals surface area (Å²) in [6.07, 6.45) is 1.04. The number of ether oxygens (including phenoxy) is 1. The van der Waals surface area contributed by atoms with E-state index in [-0.39, 0.29) is 29.3 Å². The molecule has 2 aromatic carbocycles. The molecule has 0 saturated carbocycles. The van der Waals surface area contributed by atoms with E-state index in [1.165, 1.54) is 18.2 Å². The van der Waals surface area contributed by atoms with Crippen molar-refractivity contribution in [1.82, 2.24) is 5.32 Å². The lowest BCUT2D eigenvalue weighted by Gasteiger charge is -2.12. The Bertz CT molecular complexity index is 841. The van der Waals surface area contributed by atoms with Crippen molar-refractivity contribution in [3.63, 3.8) is 0 Å². The fourth-order valence-corrected chi connectivity index (χ4v) is 2.37. The number of amides is 2. The van der Waals surface area contributed by atoms with Crippen LogP contribution in [-0.2, 0) is 9.59 Å². The number of hydrogen-bond donors (Lipinski definition) is 3. The third-order valence-electron chi connectivity index (χ3n) is 3.74. The number of carboxylic acids is 1. The highest BCUT2D eigenvalue weighted by Crippen LogP contribution is 2.18. The summed E-state index contributed by atoms with van der Waals surface area (Å²) in [6, 6.07) is 12.2. The second-order valence-corrected chi connectivity index (χ2v) is 5.92. The molecule has 0 atom stereocenters. The van der Waals surface area contributed by atoms with E-state index in [0.717, 1.165) is 0 Å². The van der Waals surface area contributed by atoms with Gasteiger partial charge in [-0.1, -0.05) is 24.3 Å². The van der Waals surface area contributed by atoms with Crippen LogP contribution in [0.15, 0.2) is 48.5 Å². The molecule has 0 saturated heterocycles. The van der Waals surface area contributed by atoms with E-state index in [4.69, 9.17) is 9.84 Å². The zero-order valence-corrected chi connectivity index (χ0v) is 15.1. The molecule has 28 heavy (non-hydrogen) atoms. The number of carbonyl (C=O) groups is 3. The summed E-state index contributed by atoms with van der Waals surface area (Å²) in [5, 5.41) is 13.7. The monoisotopic (exact) mass is 388 g/mol. The number of halogens is 1. The molecule has 0 aromatic heterocycles. The van der Waals surface area contributed by atoms with Crippen molar-refractivity contribution in [2.75, 3.05) is 18.5 Å². The number of hydrogen-bond acceptors (Lipinski definition) is 4. The third kappa shape index (κ3) is 6.71. The second-order valence-electron chi connectivity index (χ2n) is 5.92. The third-order valence-corrected chi connectivity index (χ3v) is 3.74. The van der Waals surface area contributed by atoms with Gasteiger partial charge in [0.05, 0.1) is 11.3 Å². The summed E-state index contributed by atoms with van der Waals surface area (Å²) in [7, 11) is 0. The number of rotatable bonds is 10. The number of para-hydroxylation sites is 2. The first-order valence-electron chi connectivity index (χ1n) is 8.73. The lowest BCUT2D eigenvalue weighted by atomic mass is 10.2. The van der Waals surface area contributed by atoms with Crippen molar-refractivity contribution in [3.05, 3.63) is 59.9 Å². The minimum atomic E-state index is -0.876. The number of carbonyl (C=O) groups excluding carboxylic acids is 2. The first-order valence-corrected chi connectivity index (χ1v) is 8.73. The van der Waals surface area contributed by atoms with Crippen LogP contribution in [0.25, 0.3) is 0 Å². The standard InChI is InChI=1S/C20H21FN2O5/c21-15-8-2-3-9-16(15)23-18(24)13-28-17-10-4-1-7-14(17)20(27)22-12-6-5-11-19(25)26/h1-4,7-10H,5-6,11-13H2,(H,22,27)(H,23,24)(H,25,26). The molecule has 0 heterocycles. The van der Waals surface area contributed by atoms with Crippen LogP contribution in [0, 0.1) is 5.82 Å². The molecule has 0 bridgehead atoms. The maximum atomic E-state index is 13.6. The van der Waals surface area contributed by atoms with E-state index in [1.54, 1.807) is 30.3 Å². The molecule has 8 heteroatoms. The van der Waals surface area contributed by atoms with Gasteiger partial charge in [0.1, 0.15) is 11.6 Å². The molecular formula is C20H21FN2O5. The van der Waals surface area contributed by atoms with Gasteiger partial charge in [0.15, 0.2) is 6.61 Å². The number of anilines is 1. The van der Waals surface area contributed by atoms with E-state index in [2.05, 4.69) is 10.6 Å². The SMILES string of the molecule is O=C(O)CCCCNC(=O)c1ccccc1OCC(=O)Nc1ccccc1F. The van der Waals surface area contributed by atoms with Crippen molar-refractivity contribution in [2.45, 2.75) is 19.3 Å². The molecule has 0 aliphatic heterocycles. The summed E-state index contributed by atoms with van der Waals surface area (Å²) in [6.45, 7) is -0.0640. The van der Waals surface area contributed by atoms with Crippen molar-refractivity contribution in [1.29, 1.82) is 0 Å². The smallest absolute Gasteiger partial charge is 0.303 e. The highest BCUT2D eigenvalue weighted by Gasteiger charge is 2.13. The van der Waals surface area contributed by atoms with Crippen LogP contribution in [0.2, 0.25) is 0 Å². The Morgan fingerprint density at radius 3 is 2.46 bits per heavy atom. The van der Waals surface area contributed by atoms with Gasteiger partial charge in [0.25, 0.3) is 11.8 Å². The summed E-state index contributed by atoms with van der Waals surface area (Å²) >= 11 is 0. The van der Waals surface area contributed by atoms with Crippen molar-refractivity contribution in [3.8, 4) is 5.75 Å². The van der Waals surface area contributed by atoms with Crippen molar-refractivity contribution < 1.29 is 28.6 Å². The van der Waals surface area contributed by atoms with E-state index in [0.29, 0.717) is 19.4 Å². The maximum absolute atomic E-state index is 13.6.